The van der Waals surface area contributed by atoms with Crippen molar-refractivity contribution in [2.75, 3.05) is 4.90 Å². The first kappa shape index (κ1) is 20.6. The van der Waals surface area contributed by atoms with Gasteiger partial charge in [-0.05, 0) is 47.5 Å². The maximum absolute atomic E-state index is 13.2. The molecule has 0 radical (unpaired) electrons. The SMILES string of the molecule is CC.C[C@H]1C(=O)N(c2ccc(F)cc2)[C@@H]1c1ccc(OCc2ccccc2)cc1. The monoisotopic (exact) mass is 391 g/mol. The summed E-state index contributed by atoms with van der Waals surface area (Å²) < 4.78 is 19.0. The summed E-state index contributed by atoms with van der Waals surface area (Å²) in [5.74, 6) is 0.424. The van der Waals surface area contributed by atoms with Crippen molar-refractivity contribution >= 4 is 11.6 Å². The minimum Gasteiger partial charge on any atom is -0.489 e. The van der Waals surface area contributed by atoms with E-state index < -0.39 is 0 Å². The van der Waals surface area contributed by atoms with Gasteiger partial charge in [-0.3, -0.25) is 4.79 Å². The van der Waals surface area contributed by atoms with E-state index >= 15 is 0 Å². The molecular weight excluding hydrogens is 365 g/mol. The quantitative estimate of drug-likeness (QED) is 0.488. The molecule has 1 heterocycles. The van der Waals surface area contributed by atoms with Gasteiger partial charge in [0.2, 0.25) is 5.91 Å². The lowest BCUT2D eigenvalue weighted by Gasteiger charge is -2.46. The van der Waals surface area contributed by atoms with Crippen LogP contribution in [0.3, 0.4) is 0 Å². The van der Waals surface area contributed by atoms with Gasteiger partial charge in [0.1, 0.15) is 18.2 Å². The third kappa shape index (κ3) is 4.48. The fraction of sp³-hybridized carbons (Fsp3) is 0.240. The summed E-state index contributed by atoms with van der Waals surface area (Å²) in [6.07, 6.45) is 0. The lowest BCUT2D eigenvalue weighted by atomic mass is 9.83. The van der Waals surface area contributed by atoms with Crippen LogP contribution in [-0.4, -0.2) is 5.91 Å². The Morgan fingerprint density at radius 3 is 2.14 bits per heavy atom. The Morgan fingerprint density at radius 2 is 1.52 bits per heavy atom. The Morgan fingerprint density at radius 1 is 0.897 bits per heavy atom. The number of anilines is 1. The van der Waals surface area contributed by atoms with Crippen LogP contribution in [0, 0.1) is 11.7 Å². The molecule has 0 unspecified atom stereocenters. The lowest BCUT2D eigenvalue weighted by molar-refractivity contribution is -0.129. The molecular formula is C25H26FNO2. The number of ether oxygens (including phenoxy) is 1. The summed E-state index contributed by atoms with van der Waals surface area (Å²) in [4.78, 5) is 14.1. The number of β-lactam (4-membered cyclic amide) rings is 1. The topological polar surface area (TPSA) is 29.5 Å². The zero-order valence-electron chi connectivity index (χ0n) is 17.0. The molecule has 2 atom stereocenters. The highest BCUT2D eigenvalue weighted by Gasteiger charge is 2.45. The smallest absolute Gasteiger partial charge is 0.232 e. The Bertz CT molecular complexity index is 923. The molecule has 0 saturated carbocycles. The molecule has 1 saturated heterocycles. The van der Waals surface area contributed by atoms with E-state index in [1.165, 1.54) is 12.1 Å². The van der Waals surface area contributed by atoms with E-state index in [0.29, 0.717) is 12.3 Å². The molecule has 0 spiro atoms. The summed E-state index contributed by atoms with van der Waals surface area (Å²) in [6.45, 7) is 6.44. The third-order valence-electron chi connectivity index (χ3n) is 4.95. The van der Waals surface area contributed by atoms with Crippen molar-refractivity contribution in [3.63, 3.8) is 0 Å². The zero-order chi connectivity index (χ0) is 20.8. The number of carbonyl (C=O) groups is 1. The number of nitrogens with zero attached hydrogens (tertiary/aromatic N) is 1. The Hall–Kier alpha value is -3.14. The lowest BCUT2D eigenvalue weighted by Crippen LogP contribution is -2.54. The number of hydrogen-bond acceptors (Lipinski definition) is 2. The first-order chi connectivity index (χ1) is 14.1. The molecule has 3 nitrogen and oxygen atoms in total. The van der Waals surface area contributed by atoms with E-state index in [-0.39, 0.29) is 23.7 Å². The molecule has 0 aromatic heterocycles. The molecule has 1 fully saturated rings. The van der Waals surface area contributed by atoms with Crippen molar-refractivity contribution in [1.82, 2.24) is 0 Å². The largest absolute Gasteiger partial charge is 0.489 e. The Labute approximate surface area is 171 Å². The van der Waals surface area contributed by atoms with Gasteiger partial charge in [-0.15, -0.1) is 0 Å². The van der Waals surface area contributed by atoms with Crippen LogP contribution < -0.4 is 9.64 Å². The van der Waals surface area contributed by atoms with Crippen molar-refractivity contribution in [1.29, 1.82) is 0 Å². The summed E-state index contributed by atoms with van der Waals surface area (Å²) in [7, 11) is 0. The van der Waals surface area contributed by atoms with Crippen LogP contribution in [-0.2, 0) is 11.4 Å². The van der Waals surface area contributed by atoms with Gasteiger partial charge in [-0.25, -0.2) is 4.39 Å². The van der Waals surface area contributed by atoms with Gasteiger partial charge in [0.25, 0.3) is 0 Å². The van der Waals surface area contributed by atoms with Gasteiger partial charge in [-0.2, -0.15) is 0 Å². The average Bonchev–Trinajstić information content (AvgIpc) is 2.79. The van der Waals surface area contributed by atoms with Gasteiger partial charge in [0.15, 0.2) is 0 Å². The van der Waals surface area contributed by atoms with Gasteiger partial charge >= 0.3 is 0 Å². The number of halogens is 1. The number of benzene rings is 3. The molecule has 1 aliphatic heterocycles. The molecule has 4 rings (SSSR count). The van der Waals surface area contributed by atoms with Crippen LogP contribution in [0.25, 0.3) is 0 Å². The zero-order valence-corrected chi connectivity index (χ0v) is 17.0. The molecule has 4 heteroatoms. The molecule has 0 aliphatic carbocycles. The first-order valence-corrected chi connectivity index (χ1v) is 9.99. The molecule has 1 amide bonds. The van der Waals surface area contributed by atoms with E-state index in [2.05, 4.69) is 0 Å². The number of rotatable bonds is 5. The minimum atomic E-state index is -0.309. The molecule has 29 heavy (non-hydrogen) atoms. The molecule has 1 aliphatic rings. The summed E-state index contributed by atoms with van der Waals surface area (Å²) in [6, 6.07) is 23.8. The second kappa shape index (κ2) is 9.37. The van der Waals surface area contributed by atoms with Crippen LogP contribution in [0.4, 0.5) is 10.1 Å². The fourth-order valence-corrected chi connectivity index (χ4v) is 3.46. The van der Waals surface area contributed by atoms with Crippen molar-refractivity contribution in [3.05, 3.63) is 95.8 Å². The van der Waals surface area contributed by atoms with Crippen LogP contribution in [0.2, 0.25) is 0 Å². The van der Waals surface area contributed by atoms with Gasteiger partial charge in [-0.1, -0.05) is 63.2 Å². The van der Waals surface area contributed by atoms with Crippen LogP contribution in [0.5, 0.6) is 5.75 Å². The highest BCUT2D eigenvalue weighted by atomic mass is 19.1. The summed E-state index contributed by atoms with van der Waals surface area (Å²) >= 11 is 0. The number of amides is 1. The molecule has 0 bridgehead atoms. The maximum Gasteiger partial charge on any atom is 0.232 e. The molecule has 0 N–H and O–H groups in total. The number of hydrogen-bond donors (Lipinski definition) is 0. The first-order valence-electron chi connectivity index (χ1n) is 9.99. The summed E-state index contributed by atoms with van der Waals surface area (Å²) in [5, 5.41) is 0. The molecule has 150 valence electrons. The highest BCUT2D eigenvalue weighted by molar-refractivity contribution is 6.02. The number of carbonyl (C=O) groups excluding carboxylic acids is 1. The van der Waals surface area contributed by atoms with E-state index in [4.69, 9.17) is 4.74 Å². The maximum atomic E-state index is 13.2. The van der Waals surface area contributed by atoms with Crippen molar-refractivity contribution < 1.29 is 13.9 Å². The van der Waals surface area contributed by atoms with Gasteiger partial charge in [0.05, 0.1) is 12.0 Å². The van der Waals surface area contributed by atoms with Gasteiger partial charge in [0, 0.05) is 5.69 Å². The normalized spacial score (nSPS) is 17.8. The average molecular weight is 391 g/mol. The summed E-state index contributed by atoms with van der Waals surface area (Å²) in [5.41, 5.74) is 2.87. The molecule has 3 aromatic carbocycles. The fourth-order valence-electron chi connectivity index (χ4n) is 3.46. The van der Waals surface area contributed by atoms with Crippen molar-refractivity contribution in [2.24, 2.45) is 5.92 Å². The molecule has 3 aromatic rings. The van der Waals surface area contributed by atoms with E-state index in [1.807, 2.05) is 75.4 Å². The van der Waals surface area contributed by atoms with Crippen LogP contribution >= 0.6 is 0 Å². The second-order valence-electron chi connectivity index (χ2n) is 6.76. The Kier molecular flexibility index (Phi) is 6.65. The third-order valence-corrected chi connectivity index (χ3v) is 4.95. The second-order valence-corrected chi connectivity index (χ2v) is 6.76. The van der Waals surface area contributed by atoms with Crippen LogP contribution in [0.15, 0.2) is 78.9 Å². The standard InChI is InChI=1S/C23H20FNO2.C2H6/c1-16-22(25(23(16)26)20-11-9-19(24)10-12-20)18-7-13-21(14-8-18)27-15-17-5-3-2-4-6-17;1-2/h2-14,16,22H,15H2,1H3;1-2H3/t16-,22+;/m1./s1. The predicted molar refractivity (Wildman–Crippen MR) is 114 cm³/mol. The highest BCUT2D eigenvalue weighted by Crippen LogP contribution is 2.43. The van der Waals surface area contributed by atoms with Crippen LogP contribution in [0.1, 0.15) is 37.9 Å². The minimum absolute atomic E-state index is 0.0499. The van der Waals surface area contributed by atoms with Crippen molar-refractivity contribution in [2.45, 2.75) is 33.4 Å². The van der Waals surface area contributed by atoms with Crippen molar-refractivity contribution in [3.8, 4) is 5.75 Å². The van der Waals surface area contributed by atoms with E-state index in [9.17, 15) is 9.18 Å². The van der Waals surface area contributed by atoms with E-state index in [0.717, 1.165) is 16.9 Å². The Balaban J connectivity index is 0.00000117. The predicted octanol–water partition coefficient (Wildman–Crippen LogP) is 6.15. The van der Waals surface area contributed by atoms with E-state index in [1.54, 1.807) is 17.0 Å². The van der Waals surface area contributed by atoms with Gasteiger partial charge < -0.3 is 9.64 Å².